The first-order chi connectivity index (χ1) is 8.33. The molecule has 0 radical (unpaired) electrons. The molecule has 0 amide bonds. The van der Waals surface area contributed by atoms with Crippen LogP contribution in [0.15, 0.2) is 24.3 Å². The van der Waals surface area contributed by atoms with Crippen molar-refractivity contribution in [2.45, 2.75) is 38.1 Å². The Hall–Kier alpha value is -1.06. The predicted molar refractivity (Wildman–Crippen MR) is 69.8 cm³/mol. The van der Waals surface area contributed by atoms with Crippen LogP contribution >= 0.6 is 0 Å². The van der Waals surface area contributed by atoms with Gasteiger partial charge in [0.25, 0.3) is 0 Å². The van der Waals surface area contributed by atoms with Crippen LogP contribution in [0.3, 0.4) is 0 Å². The third-order valence-corrected chi connectivity index (χ3v) is 3.84. The Morgan fingerprint density at radius 3 is 2.53 bits per heavy atom. The first-order valence-corrected chi connectivity index (χ1v) is 6.42. The monoisotopic (exact) mass is 234 g/mol. The zero-order valence-corrected chi connectivity index (χ0v) is 10.5. The fourth-order valence-corrected chi connectivity index (χ4v) is 2.41. The number of benzene rings is 1. The molecule has 0 aromatic heterocycles. The van der Waals surface area contributed by atoms with Crippen LogP contribution in [0.2, 0.25) is 0 Å². The van der Waals surface area contributed by atoms with E-state index in [1.165, 1.54) is 24.8 Å². The number of aryl methyl sites for hydroxylation is 1. The molecule has 17 heavy (non-hydrogen) atoms. The molecular formula is C14H22N2O. The van der Waals surface area contributed by atoms with Crippen molar-refractivity contribution in [3.05, 3.63) is 29.8 Å². The molecule has 0 heterocycles. The minimum atomic E-state index is 0.478. The quantitative estimate of drug-likeness (QED) is 0.586. The van der Waals surface area contributed by atoms with Crippen LogP contribution < -0.4 is 16.0 Å². The van der Waals surface area contributed by atoms with E-state index in [0.29, 0.717) is 6.04 Å². The van der Waals surface area contributed by atoms with Gasteiger partial charge in [-0.05, 0) is 49.3 Å². The van der Waals surface area contributed by atoms with Gasteiger partial charge in [0.1, 0.15) is 5.75 Å². The van der Waals surface area contributed by atoms with Gasteiger partial charge in [-0.1, -0.05) is 18.6 Å². The third kappa shape index (κ3) is 3.20. The number of nitrogens with one attached hydrogen (secondary N) is 1. The lowest BCUT2D eigenvalue weighted by Gasteiger charge is -2.33. The Labute approximate surface area is 103 Å². The number of methoxy groups -OCH3 is 1. The highest BCUT2D eigenvalue weighted by molar-refractivity contribution is 5.27. The summed E-state index contributed by atoms with van der Waals surface area (Å²) in [6.45, 7) is 0. The van der Waals surface area contributed by atoms with Gasteiger partial charge in [0.15, 0.2) is 0 Å². The summed E-state index contributed by atoms with van der Waals surface area (Å²) in [5.74, 6) is 7.33. The van der Waals surface area contributed by atoms with Crippen molar-refractivity contribution >= 4 is 0 Å². The number of hydrogen-bond donors (Lipinski definition) is 2. The molecule has 3 heteroatoms. The maximum atomic E-state index is 5.62. The normalized spacial score (nSPS) is 17.5. The fraction of sp³-hybridized carbons (Fsp3) is 0.571. The largest absolute Gasteiger partial charge is 0.497 e. The summed E-state index contributed by atoms with van der Waals surface area (Å²) >= 11 is 0. The molecule has 1 aliphatic carbocycles. The summed E-state index contributed by atoms with van der Waals surface area (Å²) in [6.07, 6.45) is 6.23. The van der Waals surface area contributed by atoms with Crippen molar-refractivity contribution in [3.63, 3.8) is 0 Å². The highest BCUT2D eigenvalue weighted by Crippen LogP contribution is 2.31. The summed E-state index contributed by atoms with van der Waals surface area (Å²) in [5.41, 5.74) is 4.32. The van der Waals surface area contributed by atoms with Gasteiger partial charge in [-0.25, -0.2) is 0 Å². The average Bonchev–Trinajstić information content (AvgIpc) is 2.32. The van der Waals surface area contributed by atoms with E-state index in [1.54, 1.807) is 7.11 Å². The zero-order chi connectivity index (χ0) is 12.1. The minimum Gasteiger partial charge on any atom is -0.497 e. The Balaban J connectivity index is 1.82. The molecule has 3 nitrogen and oxygen atoms in total. The Morgan fingerprint density at radius 2 is 2.06 bits per heavy atom. The molecular weight excluding hydrogens is 212 g/mol. The van der Waals surface area contributed by atoms with Crippen molar-refractivity contribution in [2.75, 3.05) is 7.11 Å². The third-order valence-electron chi connectivity index (χ3n) is 3.84. The maximum absolute atomic E-state index is 5.62. The highest BCUT2D eigenvalue weighted by Gasteiger charge is 2.25. The number of ether oxygens (including phenoxy) is 1. The van der Waals surface area contributed by atoms with Crippen LogP contribution in [0, 0.1) is 5.92 Å². The zero-order valence-electron chi connectivity index (χ0n) is 10.5. The van der Waals surface area contributed by atoms with Crippen LogP contribution in [0.5, 0.6) is 5.75 Å². The van der Waals surface area contributed by atoms with E-state index in [1.807, 2.05) is 12.1 Å². The topological polar surface area (TPSA) is 47.3 Å². The van der Waals surface area contributed by atoms with Gasteiger partial charge in [-0.3, -0.25) is 11.3 Å². The highest BCUT2D eigenvalue weighted by atomic mass is 16.5. The van der Waals surface area contributed by atoms with Crippen molar-refractivity contribution in [2.24, 2.45) is 11.8 Å². The van der Waals surface area contributed by atoms with Gasteiger partial charge >= 0.3 is 0 Å². The van der Waals surface area contributed by atoms with Gasteiger partial charge < -0.3 is 4.74 Å². The molecule has 1 aliphatic rings. The Bertz CT molecular complexity index is 333. The lowest BCUT2D eigenvalue weighted by Crippen LogP contribution is -2.43. The lowest BCUT2D eigenvalue weighted by molar-refractivity contribution is 0.221. The van der Waals surface area contributed by atoms with Gasteiger partial charge in [0.05, 0.1) is 7.11 Å². The molecule has 0 bridgehead atoms. The number of hydrazine groups is 1. The second kappa shape index (κ2) is 6.03. The van der Waals surface area contributed by atoms with Crippen molar-refractivity contribution in [1.82, 2.24) is 5.43 Å². The summed E-state index contributed by atoms with van der Waals surface area (Å²) in [4.78, 5) is 0. The number of nitrogens with two attached hydrogens (primary N) is 1. The van der Waals surface area contributed by atoms with Gasteiger partial charge in [0.2, 0.25) is 0 Å². The molecule has 0 spiro atoms. The van der Waals surface area contributed by atoms with Crippen molar-refractivity contribution < 1.29 is 4.74 Å². The summed E-state index contributed by atoms with van der Waals surface area (Å²) in [7, 11) is 1.69. The predicted octanol–water partition coefficient (Wildman–Crippen LogP) is 2.26. The number of hydrogen-bond acceptors (Lipinski definition) is 3. The number of rotatable bonds is 6. The molecule has 1 unspecified atom stereocenters. The van der Waals surface area contributed by atoms with E-state index in [2.05, 4.69) is 17.6 Å². The lowest BCUT2D eigenvalue weighted by atomic mass is 9.78. The van der Waals surface area contributed by atoms with E-state index in [9.17, 15) is 0 Å². The molecule has 1 aromatic rings. The van der Waals surface area contributed by atoms with E-state index in [0.717, 1.165) is 24.5 Å². The van der Waals surface area contributed by atoms with E-state index in [-0.39, 0.29) is 0 Å². The fourth-order valence-electron chi connectivity index (χ4n) is 2.41. The molecule has 1 fully saturated rings. The van der Waals surface area contributed by atoms with Gasteiger partial charge in [-0.15, -0.1) is 0 Å². The molecule has 1 saturated carbocycles. The SMILES string of the molecule is COc1ccc(CCC(NN)C2CCC2)cc1. The summed E-state index contributed by atoms with van der Waals surface area (Å²) in [5, 5.41) is 0. The molecule has 94 valence electrons. The first kappa shape index (κ1) is 12.4. The van der Waals surface area contributed by atoms with Crippen LogP contribution in [-0.2, 0) is 6.42 Å². The van der Waals surface area contributed by atoms with Crippen LogP contribution in [0.25, 0.3) is 0 Å². The molecule has 0 aliphatic heterocycles. The maximum Gasteiger partial charge on any atom is 0.118 e. The smallest absolute Gasteiger partial charge is 0.118 e. The van der Waals surface area contributed by atoms with E-state index in [4.69, 9.17) is 10.6 Å². The molecule has 3 N–H and O–H groups in total. The van der Waals surface area contributed by atoms with Crippen molar-refractivity contribution in [3.8, 4) is 5.75 Å². The average molecular weight is 234 g/mol. The molecule has 1 atom stereocenters. The van der Waals surface area contributed by atoms with Gasteiger partial charge in [-0.2, -0.15) is 0 Å². The standard InChI is InChI=1S/C14H22N2O/c1-17-13-8-5-11(6-9-13)7-10-14(16-15)12-3-2-4-12/h5-6,8-9,12,14,16H,2-4,7,10,15H2,1H3. The van der Waals surface area contributed by atoms with Gasteiger partial charge in [0, 0.05) is 6.04 Å². The summed E-state index contributed by atoms with van der Waals surface area (Å²) < 4.78 is 5.15. The van der Waals surface area contributed by atoms with Crippen LogP contribution in [0.1, 0.15) is 31.2 Å². The Morgan fingerprint density at radius 1 is 1.35 bits per heavy atom. The molecule has 1 aromatic carbocycles. The second-order valence-electron chi connectivity index (χ2n) is 4.85. The second-order valence-corrected chi connectivity index (χ2v) is 4.85. The Kier molecular flexibility index (Phi) is 4.40. The van der Waals surface area contributed by atoms with E-state index >= 15 is 0 Å². The summed E-state index contributed by atoms with van der Waals surface area (Å²) in [6, 6.07) is 8.78. The van der Waals surface area contributed by atoms with Crippen molar-refractivity contribution in [1.29, 1.82) is 0 Å². The minimum absolute atomic E-state index is 0.478. The first-order valence-electron chi connectivity index (χ1n) is 6.42. The van der Waals surface area contributed by atoms with E-state index < -0.39 is 0 Å². The molecule has 2 rings (SSSR count). The van der Waals surface area contributed by atoms with Crippen LogP contribution in [-0.4, -0.2) is 13.2 Å². The molecule has 0 saturated heterocycles. The van der Waals surface area contributed by atoms with Crippen LogP contribution in [0.4, 0.5) is 0 Å².